The van der Waals surface area contributed by atoms with E-state index in [-0.39, 0.29) is 17.4 Å². The van der Waals surface area contributed by atoms with Crippen LogP contribution >= 0.6 is 0 Å². The third-order valence-electron chi connectivity index (χ3n) is 3.13. The maximum absolute atomic E-state index is 11.5. The fourth-order valence-corrected chi connectivity index (χ4v) is 1.99. The van der Waals surface area contributed by atoms with Crippen LogP contribution in [0.1, 0.15) is 5.56 Å². The normalized spacial score (nSPS) is 10.2. The number of hydrogen-bond donors (Lipinski definition) is 1. The summed E-state index contributed by atoms with van der Waals surface area (Å²) in [6.45, 7) is 1.96. The van der Waals surface area contributed by atoms with Crippen LogP contribution in [0.25, 0.3) is 0 Å². The summed E-state index contributed by atoms with van der Waals surface area (Å²) in [6, 6.07) is 10.7. The van der Waals surface area contributed by atoms with Crippen LogP contribution in [0, 0.1) is 17.0 Å². The molecule has 8 heteroatoms. The number of anilines is 2. The molecule has 1 aromatic carbocycles. The highest BCUT2D eigenvalue weighted by atomic mass is 16.6. The predicted molar refractivity (Wildman–Crippen MR) is 87.5 cm³/mol. The molecule has 0 unspecified atom stereocenters. The van der Waals surface area contributed by atoms with E-state index in [2.05, 4.69) is 20.3 Å². The number of pyridine rings is 1. The summed E-state index contributed by atoms with van der Waals surface area (Å²) in [6.07, 6.45) is 4.22. The second-order valence-electron chi connectivity index (χ2n) is 4.91. The number of nitro groups is 1. The smallest absolute Gasteiger partial charge is 0.373 e. The molecule has 2 heterocycles. The summed E-state index contributed by atoms with van der Waals surface area (Å²) in [5.74, 6) is 0.246. The maximum Gasteiger partial charge on any atom is 0.373 e. The zero-order valence-electron chi connectivity index (χ0n) is 12.7. The Kier molecular flexibility index (Phi) is 4.28. The van der Waals surface area contributed by atoms with E-state index in [4.69, 9.17) is 4.74 Å². The number of rotatable bonds is 5. The van der Waals surface area contributed by atoms with Crippen LogP contribution in [0.5, 0.6) is 11.6 Å². The van der Waals surface area contributed by atoms with E-state index >= 15 is 0 Å². The Labute approximate surface area is 137 Å². The Morgan fingerprint density at radius 3 is 2.62 bits per heavy atom. The minimum Gasteiger partial charge on any atom is -0.432 e. The molecule has 0 spiro atoms. The molecule has 24 heavy (non-hydrogen) atoms. The van der Waals surface area contributed by atoms with Gasteiger partial charge in [0.2, 0.25) is 5.82 Å². The van der Waals surface area contributed by atoms with Crippen molar-refractivity contribution >= 4 is 17.2 Å². The van der Waals surface area contributed by atoms with Gasteiger partial charge < -0.3 is 10.1 Å². The highest BCUT2D eigenvalue weighted by Gasteiger charge is 2.25. The van der Waals surface area contributed by atoms with Crippen molar-refractivity contribution in [3.05, 3.63) is 70.8 Å². The average Bonchev–Trinajstić information content (AvgIpc) is 2.58. The fourth-order valence-electron chi connectivity index (χ4n) is 1.99. The van der Waals surface area contributed by atoms with Gasteiger partial charge in [-0.05, 0) is 31.2 Å². The SMILES string of the molecule is Cc1ccc(Nc2ncnc(Oc3cccnc3)c2[N+](=O)[O-])cc1. The Morgan fingerprint density at radius 1 is 1.17 bits per heavy atom. The first kappa shape index (κ1) is 15.3. The van der Waals surface area contributed by atoms with Crippen LogP contribution in [0.4, 0.5) is 17.2 Å². The molecule has 0 aliphatic heterocycles. The third-order valence-corrected chi connectivity index (χ3v) is 3.13. The molecule has 0 aliphatic carbocycles. The Bertz CT molecular complexity index is 853. The van der Waals surface area contributed by atoms with Crippen molar-refractivity contribution in [1.29, 1.82) is 0 Å². The van der Waals surface area contributed by atoms with E-state index in [1.54, 1.807) is 18.3 Å². The zero-order valence-corrected chi connectivity index (χ0v) is 12.7. The van der Waals surface area contributed by atoms with Crippen molar-refractivity contribution in [3.63, 3.8) is 0 Å². The second-order valence-corrected chi connectivity index (χ2v) is 4.91. The molecule has 0 radical (unpaired) electrons. The molecule has 1 N–H and O–H groups in total. The number of aromatic nitrogens is 3. The molecule has 8 nitrogen and oxygen atoms in total. The van der Waals surface area contributed by atoms with Crippen LogP contribution in [0.3, 0.4) is 0 Å². The molecular formula is C16H13N5O3. The fraction of sp³-hybridized carbons (Fsp3) is 0.0625. The topological polar surface area (TPSA) is 103 Å². The third kappa shape index (κ3) is 3.43. The van der Waals surface area contributed by atoms with Crippen LogP contribution in [0.15, 0.2) is 55.1 Å². The molecule has 3 aromatic rings. The van der Waals surface area contributed by atoms with Gasteiger partial charge in [0.1, 0.15) is 12.1 Å². The van der Waals surface area contributed by atoms with Gasteiger partial charge in [0.15, 0.2) is 0 Å². The van der Waals surface area contributed by atoms with Crippen molar-refractivity contribution in [2.75, 3.05) is 5.32 Å². The number of nitrogens with one attached hydrogen (secondary N) is 1. The van der Waals surface area contributed by atoms with Crippen molar-refractivity contribution in [2.45, 2.75) is 6.92 Å². The zero-order chi connectivity index (χ0) is 16.9. The number of benzene rings is 1. The molecule has 0 saturated heterocycles. The van der Waals surface area contributed by atoms with Crippen LogP contribution in [-0.4, -0.2) is 19.9 Å². The van der Waals surface area contributed by atoms with E-state index in [0.29, 0.717) is 11.4 Å². The van der Waals surface area contributed by atoms with Crippen LogP contribution in [-0.2, 0) is 0 Å². The van der Waals surface area contributed by atoms with Crippen LogP contribution in [0.2, 0.25) is 0 Å². The maximum atomic E-state index is 11.5. The van der Waals surface area contributed by atoms with E-state index in [1.165, 1.54) is 12.5 Å². The molecule has 0 bridgehead atoms. The quantitative estimate of drug-likeness (QED) is 0.565. The van der Waals surface area contributed by atoms with E-state index < -0.39 is 4.92 Å². The summed E-state index contributed by atoms with van der Waals surface area (Å²) < 4.78 is 5.47. The van der Waals surface area contributed by atoms with Crippen LogP contribution < -0.4 is 10.1 Å². The summed E-state index contributed by atoms with van der Waals surface area (Å²) >= 11 is 0. The summed E-state index contributed by atoms with van der Waals surface area (Å²) in [4.78, 5) is 22.6. The van der Waals surface area contributed by atoms with Gasteiger partial charge in [-0.2, -0.15) is 4.98 Å². The van der Waals surface area contributed by atoms with Crippen molar-refractivity contribution in [3.8, 4) is 11.6 Å². The monoisotopic (exact) mass is 323 g/mol. The second kappa shape index (κ2) is 6.69. The lowest BCUT2D eigenvalue weighted by Crippen LogP contribution is -2.03. The standard InChI is InChI=1S/C16H13N5O3/c1-11-4-6-12(7-5-11)20-15-14(21(22)23)16(19-10-18-15)24-13-3-2-8-17-9-13/h2-10H,1H3,(H,18,19,20). The molecule has 120 valence electrons. The highest BCUT2D eigenvalue weighted by molar-refractivity contribution is 5.68. The van der Waals surface area contributed by atoms with Gasteiger partial charge in [-0.25, -0.2) is 4.98 Å². The molecular weight excluding hydrogens is 310 g/mol. The van der Waals surface area contributed by atoms with Crippen molar-refractivity contribution < 1.29 is 9.66 Å². The first-order chi connectivity index (χ1) is 11.6. The molecule has 0 saturated carbocycles. The lowest BCUT2D eigenvalue weighted by atomic mass is 10.2. The predicted octanol–water partition coefficient (Wildman–Crippen LogP) is 3.62. The molecule has 3 rings (SSSR count). The number of aryl methyl sites for hydroxylation is 1. The Morgan fingerprint density at radius 2 is 1.96 bits per heavy atom. The molecule has 0 amide bonds. The van der Waals surface area contributed by atoms with Gasteiger partial charge in [0, 0.05) is 11.9 Å². The van der Waals surface area contributed by atoms with Gasteiger partial charge in [-0.3, -0.25) is 15.1 Å². The largest absolute Gasteiger partial charge is 0.432 e. The van der Waals surface area contributed by atoms with Gasteiger partial charge in [-0.1, -0.05) is 17.7 Å². The van der Waals surface area contributed by atoms with Crippen molar-refractivity contribution in [2.24, 2.45) is 0 Å². The number of nitrogens with zero attached hydrogens (tertiary/aromatic N) is 4. The summed E-state index contributed by atoms with van der Waals surface area (Å²) in [7, 11) is 0. The summed E-state index contributed by atoms with van der Waals surface area (Å²) in [5, 5.41) is 14.4. The number of hydrogen-bond acceptors (Lipinski definition) is 7. The van der Waals surface area contributed by atoms with Gasteiger partial charge in [0.25, 0.3) is 0 Å². The average molecular weight is 323 g/mol. The van der Waals surface area contributed by atoms with Gasteiger partial charge in [-0.15, -0.1) is 0 Å². The molecule has 0 fully saturated rings. The minimum absolute atomic E-state index is 0.0535. The van der Waals surface area contributed by atoms with Gasteiger partial charge in [0.05, 0.1) is 11.1 Å². The highest BCUT2D eigenvalue weighted by Crippen LogP contribution is 2.35. The first-order valence-corrected chi connectivity index (χ1v) is 7.04. The summed E-state index contributed by atoms with van der Waals surface area (Å²) in [5.41, 5.74) is 1.41. The van der Waals surface area contributed by atoms with Crippen molar-refractivity contribution in [1.82, 2.24) is 15.0 Å². The lowest BCUT2D eigenvalue weighted by molar-refractivity contribution is -0.385. The van der Waals surface area contributed by atoms with Gasteiger partial charge >= 0.3 is 11.6 Å². The minimum atomic E-state index is -0.581. The number of ether oxygens (including phenoxy) is 1. The Hall–Kier alpha value is -3.55. The first-order valence-electron chi connectivity index (χ1n) is 7.04. The molecule has 0 aliphatic rings. The van der Waals surface area contributed by atoms with E-state index in [0.717, 1.165) is 5.56 Å². The van der Waals surface area contributed by atoms with E-state index in [1.807, 2.05) is 31.2 Å². The molecule has 2 aromatic heterocycles. The molecule has 0 atom stereocenters. The lowest BCUT2D eigenvalue weighted by Gasteiger charge is -2.09. The Balaban J connectivity index is 1.96. The van der Waals surface area contributed by atoms with E-state index in [9.17, 15) is 10.1 Å².